The summed E-state index contributed by atoms with van der Waals surface area (Å²) in [6.07, 6.45) is 9.77. The molecular formula is C25H28N6O2S. The molecule has 0 bridgehead atoms. The normalized spacial score (nSPS) is 15.2. The number of hydrogen-bond acceptors (Lipinski definition) is 8. The van der Waals surface area contributed by atoms with Crippen LogP contribution < -0.4 is 5.32 Å². The monoisotopic (exact) mass is 476 g/mol. The van der Waals surface area contributed by atoms with Crippen LogP contribution in [0.4, 0.5) is 11.6 Å². The molecule has 1 aliphatic carbocycles. The lowest BCUT2D eigenvalue weighted by molar-refractivity contribution is -0.0389. The molecule has 1 aliphatic rings. The number of aliphatic hydroxyl groups is 2. The minimum atomic E-state index is -0.848. The second-order valence-corrected chi connectivity index (χ2v) is 10.7. The largest absolute Gasteiger partial charge is 0.389 e. The van der Waals surface area contributed by atoms with Crippen LogP contribution in [0, 0.1) is 6.92 Å². The van der Waals surface area contributed by atoms with Crippen LogP contribution >= 0.6 is 11.3 Å². The molecule has 1 fully saturated rings. The number of benzene rings is 1. The number of rotatable bonds is 7. The van der Waals surface area contributed by atoms with Gasteiger partial charge in [-0.1, -0.05) is 6.07 Å². The predicted molar refractivity (Wildman–Crippen MR) is 133 cm³/mol. The van der Waals surface area contributed by atoms with Crippen molar-refractivity contribution in [2.75, 3.05) is 5.32 Å². The number of aromatic nitrogens is 5. The van der Waals surface area contributed by atoms with Gasteiger partial charge in [0.2, 0.25) is 5.95 Å². The van der Waals surface area contributed by atoms with Gasteiger partial charge in [-0.15, -0.1) is 11.3 Å². The molecule has 5 rings (SSSR count). The van der Waals surface area contributed by atoms with E-state index in [0.717, 1.165) is 57.2 Å². The second kappa shape index (κ2) is 8.57. The zero-order valence-electron chi connectivity index (χ0n) is 19.5. The zero-order valence-corrected chi connectivity index (χ0v) is 20.3. The third-order valence-corrected chi connectivity index (χ3v) is 7.08. The minimum absolute atomic E-state index is 0.395. The lowest BCUT2D eigenvalue weighted by Crippen LogP contribution is -2.33. The van der Waals surface area contributed by atoms with Crippen molar-refractivity contribution < 1.29 is 10.2 Å². The fraction of sp³-hybridized carbons (Fsp3) is 0.360. The summed E-state index contributed by atoms with van der Waals surface area (Å²) in [5.74, 6) is 0.484. The van der Waals surface area contributed by atoms with Crippen molar-refractivity contribution in [3.63, 3.8) is 0 Å². The Kier molecular flexibility index (Phi) is 5.71. The fourth-order valence-electron chi connectivity index (χ4n) is 4.03. The number of nitrogens with one attached hydrogen (secondary N) is 1. The summed E-state index contributed by atoms with van der Waals surface area (Å²) < 4.78 is 1.71. The standard InChI is InChI=1S/C25H28N6O2S/c1-16-9-17(21-13-27-22(34-21)25(33)6-4-7-25)11-19(10-16)29-23-26-8-5-20(30-23)18-12-28-31(14-18)15-24(2,3)32/h5,8-14,32-33H,4,6-7,15H2,1-3H3,(H,26,29,30). The van der Waals surface area contributed by atoms with Gasteiger partial charge < -0.3 is 15.5 Å². The van der Waals surface area contributed by atoms with Gasteiger partial charge in [-0.3, -0.25) is 4.68 Å². The Balaban J connectivity index is 1.37. The minimum Gasteiger partial charge on any atom is -0.389 e. The van der Waals surface area contributed by atoms with E-state index >= 15 is 0 Å². The highest BCUT2D eigenvalue weighted by molar-refractivity contribution is 7.15. The van der Waals surface area contributed by atoms with E-state index < -0.39 is 11.2 Å². The third-order valence-electron chi connectivity index (χ3n) is 5.84. The second-order valence-electron chi connectivity index (χ2n) is 9.63. The zero-order chi connectivity index (χ0) is 23.9. The molecule has 8 nitrogen and oxygen atoms in total. The maximum Gasteiger partial charge on any atom is 0.227 e. The van der Waals surface area contributed by atoms with Gasteiger partial charge in [0.25, 0.3) is 0 Å². The number of aryl methyl sites for hydroxylation is 1. The molecule has 0 saturated heterocycles. The average molecular weight is 477 g/mol. The van der Waals surface area contributed by atoms with Gasteiger partial charge in [-0.25, -0.2) is 15.0 Å². The number of nitrogens with zero attached hydrogens (tertiary/aromatic N) is 5. The van der Waals surface area contributed by atoms with E-state index in [1.165, 1.54) is 0 Å². The van der Waals surface area contributed by atoms with Gasteiger partial charge in [-0.05, 0) is 69.4 Å². The lowest BCUT2D eigenvalue weighted by atomic mass is 9.81. The van der Waals surface area contributed by atoms with E-state index in [0.29, 0.717) is 12.5 Å². The van der Waals surface area contributed by atoms with Gasteiger partial charge >= 0.3 is 0 Å². The van der Waals surface area contributed by atoms with E-state index in [9.17, 15) is 10.2 Å². The van der Waals surface area contributed by atoms with E-state index in [2.05, 4.69) is 31.4 Å². The molecule has 0 atom stereocenters. The SMILES string of the molecule is Cc1cc(Nc2nccc(-c3cnn(CC(C)(C)O)c3)n2)cc(-c2cnc(C3(O)CCC3)s2)c1. The van der Waals surface area contributed by atoms with Crippen LogP contribution in [0.3, 0.4) is 0 Å². The van der Waals surface area contributed by atoms with E-state index in [-0.39, 0.29) is 0 Å². The molecule has 176 valence electrons. The van der Waals surface area contributed by atoms with E-state index in [1.807, 2.05) is 37.5 Å². The Morgan fingerprint density at radius 3 is 2.71 bits per heavy atom. The molecule has 0 spiro atoms. The van der Waals surface area contributed by atoms with Crippen molar-refractivity contribution in [3.05, 3.63) is 59.6 Å². The van der Waals surface area contributed by atoms with Gasteiger partial charge in [-0.2, -0.15) is 5.10 Å². The van der Waals surface area contributed by atoms with Gasteiger partial charge in [0.15, 0.2) is 0 Å². The summed E-state index contributed by atoms with van der Waals surface area (Å²) in [5.41, 5.74) is 3.02. The Morgan fingerprint density at radius 1 is 1.15 bits per heavy atom. The molecule has 3 N–H and O–H groups in total. The molecule has 1 aromatic carbocycles. The summed E-state index contributed by atoms with van der Waals surface area (Å²) in [7, 11) is 0. The van der Waals surface area contributed by atoms with Crippen LogP contribution in [0.5, 0.6) is 0 Å². The van der Waals surface area contributed by atoms with Crippen LogP contribution in [0.2, 0.25) is 0 Å². The maximum absolute atomic E-state index is 10.6. The molecule has 4 aromatic rings. The summed E-state index contributed by atoms with van der Waals surface area (Å²) >= 11 is 1.55. The Bertz CT molecular complexity index is 1320. The Hall–Kier alpha value is -3.14. The smallest absolute Gasteiger partial charge is 0.227 e. The molecule has 34 heavy (non-hydrogen) atoms. The molecule has 3 heterocycles. The van der Waals surface area contributed by atoms with Crippen LogP contribution in [0.1, 0.15) is 43.7 Å². The topological polar surface area (TPSA) is 109 Å². The molecule has 0 amide bonds. The van der Waals surface area contributed by atoms with Crippen LogP contribution in [0.25, 0.3) is 21.7 Å². The summed E-state index contributed by atoms with van der Waals surface area (Å²) in [6, 6.07) is 8.04. The number of hydrogen-bond donors (Lipinski definition) is 3. The van der Waals surface area contributed by atoms with Crippen LogP contribution in [0.15, 0.2) is 49.1 Å². The average Bonchev–Trinajstić information content (AvgIpc) is 3.41. The molecule has 0 unspecified atom stereocenters. The first-order chi connectivity index (χ1) is 16.2. The van der Waals surface area contributed by atoms with Crippen LogP contribution in [-0.4, -0.2) is 40.5 Å². The lowest BCUT2D eigenvalue weighted by Gasteiger charge is -2.34. The third kappa shape index (κ3) is 4.86. The van der Waals surface area contributed by atoms with Crippen molar-refractivity contribution in [2.24, 2.45) is 0 Å². The van der Waals surface area contributed by atoms with Crippen molar-refractivity contribution in [3.8, 4) is 21.7 Å². The van der Waals surface area contributed by atoms with Gasteiger partial charge in [0.1, 0.15) is 10.6 Å². The van der Waals surface area contributed by atoms with E-state index in [1.54, 1.807) is 42.3 Å². The summed E-state index contributed by atoms with van der Waals surface area (Å²) in [4.78, 5) is 14.6. The van der Waals surface area contributed by atoms with Crippen molar-refractivity contribution in [2.45, 2.75) is 57.8 Å². The van der Waals surface area contributed by atoms with E-state index in [4.69, 9.17) is 0 Å². The predicted octanol–water partition coefficient (Wildman–Crippen LogP) is 4.66. The molecule has 3 aromatic heterocycles. The van der Waals surface area contributed by atoms with Gasteiger partial charge in [0, 0.05) is 29.8 Å². The molecule has 0 radical (unpaired) electrons. The van der Waals surface area contributed by atoms with Crippen molar-refractivity contribution in [1.29, 1.82) is 0 Å². The highest BCUT2D eigenvalue weighted by Gasteiger charge is 2.39. The fourth-order valence-corrected chi connectivity index (χ4v) is 5.08. The number of thiazole rings is 1. The number of anilines is 2. The van der Waals surface area contributed by atoms with Crippen molar-refractivity contribution >= 4 is 23.0 Å². The van der Waals surface area contributed by atoms with Crippen LogP contribution in [-0.2, 0) is 12.1 Å². The highest BCUT2D eigenvalue weighted by atomic mass is 32.1. The summed E-state index contributed by atoms with van der Waals surface area (Å²) in [5, 5.41) is 29.1. The first kappa shape index (κ1) is 22.6. The first-order valence-corrected chi connectivity index (χ1v) is 12.1. The Labute approximate surface area is 202 Å². The maximum atomic E-state index is 10.6. The quantitative estimate of drug-likeness (QED) is 0.356. The Morgan fingerprint density at radius 2 is 1.97 bits per heavy atom. The van der Waals surface area contributed by atoms with Crippen molar-refractivity contribution in [1.82, 2.24) is 24.7 Å². The van der Waals surface area contributed by atoms with Gasteiger partial charge in [0.05, 0.1) is 28.9 Å². The molecule has 9 heteroatoms. The molecule has 0 aliphatic heterocycles. The first-order valence-electron chi connectivity index (χ1n) is 11.3. The highest BCUT2D eigenvalue weighted by Crippen LogP contribution is 2.44. The summed E-state index contributed by atoms with van der Waals surface area (Å²) in [6.45, 7) is 5.94. The molecular weight excluding hydrogens is 448 g/mol. The molecule has 1 saturated carbocycles.